The Morgan fingerprint density at radius 3 is 3.07 bits per heavy atom. The van der Waals surface area contributed by atoms with Crippen molar-refractivity contribution in [1.82, 2.24) is 10.1 Å². The summed E-state index contributed by atoms with van der Waals surface area (Å²) in [6.45, 7) is 4.16. The predicted octanol–water partition coefficient (Wildman–Crippen LogP) is 0.639. The maximum atomic E-state index is 5.46. The van der Waals surface area contributed by atoms with Crippen molar-refractivity contribution in [3.05, 3.63) is 11.7 Å². The molecule has 1 unspecified atom stereocenters. The van der Waals surface area contributed by atoms with Crippen LogP contribution in [0.25, 0.3) is 0 Å². The van der Waals surface area contributed by atoms with Gasteiger partial charge in [0.15, 0.2) is 5.82 Å². The van der Waals surface area contributed by atoms with Crippen LogP contribution in [0.4, 0.5) is 0 Å². The highest BCUT2D eigenvalue weighted by atomic mass is 16.5. The molecule has 0 aromatic carbocycles. The summed E-state index contributed by atoms with van der Waals surface area (Å²) >= 11 is 0. The zero-order chi connectivity index (χ0) is 10.7. The van der Waals surface area contributed by atoms with Crippen LogP contribution in [0.5, 0.6) is 0 Å². The average Bonchev–Trinajstić information content (AvgIpc) is 2.69. The molecule has 1 fully saturated rings. The molecule has 1 aromatic heterocycles. The Hall–Kier alpha value is -0.940. The van der Waals surface area contributed by atoms with Crippen LogP contribution >= 0.6 is 0 Å². The Morgan fingerprint density at radius 1 is 1.53 bits per heavy atom. The van der Waals surface area contributed by atoms with Gasteiger partial charge in [-0.2, -0.15) is 4.98 Å². The van der Waals surface area contributed by atoms with Crippen molar-refractivity contribution >= 4 is 0 Å². The van der Waals surface area contributed by atoms with Crippen LogP contribution in [0, 0.1) is 0 Å². The number of ether oxygens (including phenoxy) is 1. The fourth-order valence-electron chi connectivity index (χ4n) is 1.84. The van der Waals surface area contributed by atoms with Crippen LogP contribution in [0.1, 0.15) is 31.5 Å². The average molecular weight is 211 g/mol. The number of hydrogen-bond acceptors (Lipinski definition) is 5. The minimum Gasteiger partial charge on any atom is -0.380 e. The van der Waals surface area contributed by atoms with Crippen LogP contribution in [0.3, 0.4) is 0 Å². The third-order valence-corrected chi connectivity index (χ3v) is 2.80. The van der Waals surface area contributed by atoms with Gasteiger partial charge in [-0.25, -0.2) is 0 Å². The second-order valence-corrected chi connectivity index (χ2v) is 4.27. The molecule has 0 aliphatic carbocycles. The summed E-state index contributed by atoms with van der Waals surface area (Å²) in [7, 11) is 0. The van der Waals surface area contributed by atoms with Crippen molar-refractivity contribution < 1.29 is 9.26 Å². The molecule has 0 amide bonds. The third kappa shape index (κ3) is 2.18. The molecule has 2 heterocycles. The molecule has 1 atom stereocenters. The number of hydrogen-bond donors (Lipinski definition) is 1. The van der Waals surface area contributed by atoms with Crippen LogP contribution in [-0.4, -0.2) is 29.9 Å². The maximum absolute atomic E-state index is 5.46. The van der Waals surface area contributed by atoms with Gasteiger partial charge in [0.05, 0.1) is 12.0 Å². The summed E-state index contributed by atoms with van der Waals surface area (Å²) in [5.41, 5.74) is 5.34. The second kappa shape index (κ2) is 4.28. The van der Waals surface area contributed by atoms with Crippen molar-refractivity contribution in [3.8, 4) is 0 Å². The molecule has 84 valence electrons. The minimum absolute atomic E-state index is 0.0887. The highest BCUT2D eigenvalue weighted by Crippen LogP contribution is 2.30. The van der Waals surface area contributed by atoms with E-state index < -0.39 is 0 Å². The Bertz CT molecular complexity index is 318. The highest BCUT2D eigenvalue weighted by molar-refractivity contribution is 5.06. The molecule has 5 heteroatoms. The Kier molecular flexibility index (Phi) is 3.02. The SMILES string of the molecule is CC1(c2noc(CCN)n2)CCCOC1. The lowest BCUT2D eigenvalue weighted by molar-refractivity contribution is 0.0374. The first-order valence-corrected chi connectivity index (χ1v) is 5.35. The van der Waals surface area contributed by atoms with E-state index >= 15 is 0 Å². The zero-order valence-electron chi connectivity index (χ0n) is 9.03. The van der Waals surface area contributed by atoms with Crippen LogP contribution in [0.2, 0.25) is 0 Å². The second-order valence-electron chi connectivity index (χ2n) is 4.27. The quantitative estimate of drug-likeness (QED) is 0.794. The van der Waals surface area contributed by atoms with Crippen molar-refractivity contribution in [3.63, 3.8) is 0 Å². The van der Waals surface area contributed by atoms with Gasteiger partial charge < -0.3 is 15.0 Å². The van der Waals surface area contributed by atoms with Gasteiger partial charge in [-0.1, -0.05) is 12.1 Å². The van der Waals surface area contributed by atoms with E-state index in [4.69, 9.17) is 15.0 Å². The standard InChI is InChI=1S/C10H17N3O2/c1-10(4-2-6-14-7-10)9-12-8(3-5-11)15-13-9/h2-7,11H2,1H3. The van der Waals surface area contributed by atoms with E-state index in [1.54, 1.807) is 0 Å². The number of nitrogens with zero attached hydrogens (tertiary/aromatic N) is 2. The van der Waals surface area contributed by atoms with Gasteiger partial charge in [-0.15, -0.1) is 0 Å². The third-order valence-electron chi connectivity index (χ3n) is 2.80. The lowest BCUT2D eigenvalue weighted by atomic mass is 9.84. The monoisotopic (exact) mass is 211 g/mol. The molecular weight excluding hydrogens is 194 g/mol. The van der Waals surface area contributed by atoms with E-state index in [0.29, 0.717) is 25.5 Å². The van der Waals surface area contributed by atoms with Crippen LogP contribution in [-0.2, 0) is 16.6 Å². The van der Waals surface area contributed by atoms with E-state index in [1.165, 1.54) is 0 Å². The predicted molar refractivity (Wildman–Crippen MR) is 54.5 cm³/mol. The molecular formula is C10H17N3O2. The number of rotatable bonds is 3. The Morgan fingerprint density at radius 2 is 2.40 bits per heavy atom. The molecule has 1 saturated heterocycles. The van der Waals surface area contributed by atoms with Crippen molar-refractivity contribution in [2.45, 2.75) is 31.6 Å². The normalized spacial score (nSPS) is 26.8. The highest BCUT2D eigenvalue weighted by Gasteiger charge is 2.34. The van der Waals surface area contributed by atoms with E-state index in [2.05, 4.69) is 17.1 Å². The molecule has 2 N–H and O–H groups in total. The maximum Gasteiger partial charge on any atom is 0.227 e. The summed E-state index contributed by atoms with van der Waals surface area (Å²) in [5, 5.41) is 4.01. The lowest BCUT2D eigenvalue weighted by Crippen LogP contribution is -2.34. The van der Waals surface area contributed by atoms with Crippen LogP contribution < -0.4 is 5.73 Å². The molecule has 1 aliphatic rings. The molecule has 5 nitrogen and oxygen atoms in total. The summed E-state index contributed by atoms with van der Waals surface area (Å²) in [5.74, 6) is 1.38. The molecule has 1 aliphatic heterocycles. The van der Waals surface area contributed by atoms with Gasteiger partial charge >= 0.3 is 0 Å². The topological polar surface area (TPSA) is 74.2 Å². The molecule has 1 aromatic rings. The molecule has 0 bridgehead atoms. The first-order chi connectivity index (χ1) is 7.24. The van der Waals surface area contributed by atoms with Gasteiger partial charge in [0.2, 0.25) is 5.89 Å². The summed E-state index contributed by atoms with van der Waals surface area (Å²) < 4.78 is 10.6. The molecule has 0 radical (unpaired) electrons. The van der Waals surface area contributed by atoms with Gasteiger partial charge in [0.1, 0.15) is 0 Å². The Balaban J connectivity index is 2.12. The van der Waals surface area contributed by atoms with Crippen molar-refractivity contribution in [1.29, 1.82) is 0 Å². The fourth-order valence-corrected chi connectivity index (χ4v) is 1.84. The number of aromatic nitrogens is 2. The minimum atomic E-state index is -0.0887. The van der Waals surface area contributed by atoms with Gasteiger partial charge in [0.25, 0.3) is 0 Å². The summed E-state index contributed by atoms with van der Waals surface area (Å²) in [6, 6.07) is 0. The smallest absolute Gasteiger partial charge is 0.227 e. The fraction of sp³-hybridized carbons (Fsp3) is 0.800. The Labute approximate surface area is 89.0 Å². The van der Waals surface area contributed by atoms with E-state index in [9.17, 15) is 0 Å². The van der Waals surface area contributed by atoms with Gasteiger partial charge in [-0.3, -0.25) is 0 Å². The largest absolute Gasteiger partial charge is 0.380 e. The summed E-state index contributed by atoms with van der Waals surface area (Å²) in [4.78, 5) is 4.36. The zero-order valence-corrected chi connectivity index (χ0v) is 9.03. The van der Waals surface area contributed by atoms with E-state index in [-0.39, 0.29) is 5.41 Å². The first kappa shape index (κ1) is 10.6. The lowest BCUT2D eigenvalue weighted by Gasteiger charge is -2.29. The molecule has 0 spiro atoms. The van der Waals surface area contributed by atoms with Gasteiger partial charge in [-0.05, 0) is 12.8 Å². The first-order valence-electron chi connectivity index (χ1n) is 5.35. The number of nitrogens with two attached hydrogens (primary N) is 1. The van der Waals surface area contributed by atoms with E-state index in [1.807, 2.05) is 0 Å². The molecule has 15 heavy (non-hydrogen) atoms. The van der Waals surface area contributed by atoms with E-state index in [0.717, 1.165) is 25.3 Å². The summed E-state index contributed by atoms with van der Waals surface area (Å²) in [6.07, 6.45) is 2.75. The van der Waals surface area contributed by atoms with Crippen molar-refractivity contribution in [2.75, 3.05) is 19.8 Å². The molecule has 2 rings (SSSR count). The van der Waals surface area contributed by atoms with Crippen LogP contribution in [0.15, 0.2) is 4.52 Å². The molecule has 0 saturated carbocycles. The van der Waals surface area contributed by atoms with Crippen molar-refractivity contribution in [2.24, 2.45) is 5.73 Å². The van der Waals surface area contributed by atoms with Gasteiger partial charge in [0, 0.05) is 19.6 Å².